The van der Waals surface area contributed by atoms with E-state index in [0.717, 1.165) is 17.0 Å². The van der Waals surface area contributed by atoms with E-state index >= 15 is 0 Å². The molecule has 0 saturated carbocycles. The van der Waals surface area contributed by atoms with Gasteiger partial charge in [0.1, 0.15) is 11.4 Å². The highest BCUT2D eigenvalue weighted by atomic mass is 16.5. The average Bonchev–Trinajstić information content (AvgIpc) is 2.67. The summed E-state index contributed by atoms with van der Waals surface area (Å²) in [5.41, 5.74) is 2.23. The van der Waals surface area contributed by atoms with Gasteiger partial charge >= 0.3 is 0 Å². The number of hydrogen-bond donors (Lipinski definition) is 1. The van der Waals surface area contributed by atoms with Gasteiger partial charge < -0.3 is 9.84 Å². The van der Waals surface area contributed by atoms with Gasteiger partial charge in [-0.25, -0.2) is 0 Å². The van der Waals surface area contributed by atoms with Crippen molar-refractivity contribution in [2.24, 2.45) is 0 Å². The highest BCUT2D eigenvalue weighted by Gasteiger charge is 2.17. The van der Waals surface area contributed by atoms with Crippen LogP contribution in [0, 0.1) is 6.92 Å². The molecule has 1 N–H and O–H groups in total. The minimum Gasteiger partial charge on any atom is -0.504 e. The maximum absolute atomic E-state index is 10.2. The molecule has 0 spiro atoms. The van der Waals surface area contributed by atoms with Gasteiger partial charge in [-0.2, -0.15) is 5.10 Å². The maximum atomic E-state index is 10.2. The first-order chi connectivity index (χ1) is 8.54. The Balaban J connectivity index is 2.53. The number of rotatable bonds is 3. The third-order valence-electron chi connectivity index (χ3n) is 2.95. The van der Waals surface area contributed by atoms with Crippen molar-refractivity contribution in [2.45, 2.75) is 26.8 Å². The summed E-state index contributed by atoms with van der Waals surface area (Å²) in [5, 5.41) is 14.6. The minimum atomic E-state index is 0.218. The molecular weight excluding hydrogens is 228 g/mol. The van der Waals surface area contributed by atoms with Crippen molar-refractivity contribution in [1.82, 2.24) is 9.78 Å². The molecule has 0 fully saturated rings. The maximum Gasteiger partial charge on any atom is 0.164 e. The van der Waals surface area contributed by atoms with Crippen LogP contribution in [0.4, 0.5) is 0 Å². The lowest BCUT2D eigenvalue weighted by atomic mass is 10.1. The highest BCUT2D eigenvalue weighted by molar-refractivity contribution is 5.68. The second kappa shape index (κ2) is 4.72. The zero-order valence-corrected chi connectivity index (χ0v) is 11.1. The number of aromatic nitrogens is 2. The number of aromatic hydroxyl groups is 1. The van der Waals surface area contributed by atoms with Crippen LogP contribution in [-0.4, -0.2) is 22.0 Å². The van der Waals surface area contributed by atoms with Crippen LogP contribution in [0.2, 0.25) is 0 Å². The van der Waals surface area contributed by atoms with Crippen LogP contribution >= 0.6 is 0 Å². The molecule has 1 aromatic carbocycles. The van der Waals surface area contributed by atoms with Crippen LogP contribution in [0.25, 0.3) is 11.3 Å². The molecule has 0 aliphatic rings. The Morgan fingerprint density at radius 3 is 2.61 bits per heavy atom. The van der Waals surface area contributed by atoms with Gasteiger partial charge in [0.2, 0.25) is 0 Å². The van der Waals surface area contributed by atoms with Gasteiger partial charge in [0, 0.05) is 11.6 Å². The van der Waals surface area contributed by atoms with Crippen molar-refractivity contribution in [2.75, 3.05) is 7.11 Å². The summed E-state index contributed by atoms with van der Waals surface area (Å²) < 4.78 is 7.01. The van der Waals surface area contributed by atoms with Gasteiger partial charge in [-0.15, -0.1) is 0 Å². The van der Waals surface area contributed by atoms with Crippen LogP contribution in [0.1, 0.15) is 25.6 Å². The number of benzene rings is 1. The number of nitrogens with zero attached hydrogens (tertiary/aromatic N) is 2. The largest absolute Gasteiger partial charge is 0.504 e. The molecular formula is C14H18N2O2. The zero-order chi connectivity index (χ0) is 13.3. The molecule has 0 aliphatic heterocycles. The molecule has 0 unspecified atom stereocenters. The van der Waals surface area contributed by atoms with Gasteiger partial charge in [0.15, 0.2) is 5.75 Å². The standard InChI is InChI=1S/C14H18N2O2/c1-9(2)16-10(3)14(17)13(15-16)11-6-5-7-12(8-11)18-4/h5-9,17H,1-4H3. The highest BCUT2D eigenvalue weighted by Crippen LogP contribution is 2.33. The average molecular weight is 246 g/mol. The van der Waals surface area contributed by atoms with Crippen LogP contribution in [-0.2, 0) is 0 Å². The normalized spacial score (nSPS) is 10.9. The van der Waals surface area contributed by atoms with E-state index in [1.54, 1.807) is 7.11 Å². The number of methoxy groups -OCH3 is 1. The predicted molar refractivity (Wildman–Crippen MR) is 71.0 cm³/mol. The molecule has 1 aromatic heterocycles. The Kier molecular flexibility index (Phi) is 3.28. The molecule has 0 radical (unpaired) electrons. The molecule has 2 aromatic rings. The lowest BCUT2D eigenvalue weighted by Crippen LogP contribution is -2.04. The molecule has 4 heteroatoms. The van der Waals surface area contributed by atoms with Gasteiger partial charge in [0.25, 0.3) is 0 Å². The van der Waals surface area contributed by atoms with E-state index in [1.165, 1.54) is 0 Å². The fourth-order valence-corrected chi connectivity index (χ4v) is 1.98. The fraction of sp³-hybridized carbons (Fsp3) is 0.357. The van der Waals surface area contributed by atoms with Gasteiger partial charge in [-0.3, -0.25) is 4.68 Å². The van der Waals surface area contributed by atoms with Crippen LogP contribution in [0.5, 0.6) is 11.5 Å². The number of ether oxygens (including phenoxy) is 1. The van der Waals surface area contributed by atoms with Crippen LogP contribution in [0.3, 0.4) is 0 Å². The summed E-state index contributed by atoms with van der Waals surface area (Å²) in [7, 11) is 1.62. The smallest absolute Gasteiger partial charge is 0.164 e. The first kappa shape index (κ1) is 12.5. The van der Waals surface area contributed by atoms with Gasteiger partial charge in [-0.1, -0.05) is 12.1 Å². The molecule has 2 rings (SSSR count). The van der Waals surface area contributed by atoms with E-state index in [-0.39, 0.29) is 11.8 Å². The summed E-state index contributed by atoms with van der Waals surface area (Å²) in [5.74, 6) is 0.987. The molecule has 0 saturated heterocycles. The van der Waals surface area contributed by atoms with E-state index in [0.29, 0.717) is 5.69 Å². The molecule has 0 atom stereocenters. The molecule has 96 valence electrons. The SMILES string of the molecule is COc1cccc(-c2nn(C(C)C)c(C)c2O)c1. The molecule has 0 bridgehead atoms. The predicted octanol–water partition coefficient (Wildman–Crippen LogP) is 3.15. The Morgan fingerprint density at radius 1 is 1.33 bits per heavy atom. The van der Waals surface area contributed by atoms with E-state index in [2.05, 4.69) is 5.10 Å². The second-order valence-electron chi connectivity index (χ2n) is 4.55. The van der Waals surface area contributed by atoms with Crippen molar-refractivity contribution in [3.05, 3.63) is 30.0 Å². The lowest BCUT2D eigenvalue weighted by Gasteiger charge is -2.06. The van der Waals surface area contributed by atoms with Crippen molar-refractivity contribution in [3.8, 4) is 22.8 Å². The molecule has 4 nitrogen and oxygen atoms in total. The van der Waals surface area contributed by atoms with E-state index in [1.807, 2.05) is 49.7 Å². The third kappa shape index (κ3) is 2.06. The summed E-state index contributed by atoms with van der Waals surface area (Å²) in [6.45, 7) is 5.94. The van der Waals surface area contributed by atoms with Crippen LogP contribution in [0.15, 0.2) is 24.3 Å². The molecule has 1 heterocycles. The van der Waals surface area contributed by atoms with Crippen molar-refractivity contribution in [3.63, 3.8) is 0 Å². The summed E-state index contributed by atoms with van der Waals surface area (Å²) in [6, 6.07) is 7.75. The van der Waals surface area contributed by atoms with Crippen molar-refractivity contribution < 1.29 is 9.84 Å². The molecule has 0 amide bonds. The molecule has 18 heavy (non-hydrogen) atoms. The summed E-state index contributed by atoms with van der Waals surface area (Å²) >= 11 is 0. The summed E-state index contributed by atoms with van der Waals surface area (Å²) in [4.78, 5) is 0. The first-order valence-electron chi connectivity index (χ1n) is 5.97. The van der Waals surface area contributed by atoms with Gasteiger partial charge in [-0.05, 0) is 32.9 Å². The lowest BCUT2D eigenvalue weighted by molar-refractivity contribution is 0.415. The minimum absolute atomic E-state index is 0.218. The Morgan fingerprint density at radius 2 is 2.06 bits per heavy atom. The Labute approximate surface area is 107 Å². The van der Waals surface area contributed by atoms with E-state index in [9.17, 15) is 5.11 Å². The van der Waals surface area contributed by atoms with Crippen molar-refractivity contribution >= 4 is 0 Å². The Bertz CT molecular complexity index is 559. The van der Waals surface area contributed by atoms with E-state index in [4.69, 9.17) is 4.74 Å². The second-order valence-corrected chi connectivity index (χ2v) is 4.55. The fourth-order valence-electron chi connectivity index (χ4n) is 1.98. The quantitative estimate of drug-likeness (QED) is 0.905. The van der Waals surface area contributed by atoms with E-state index < -0.39 is 0 Å². The Hall–Kier alpha value is -1.97. The zero-order valence-electron chi connectivity index (χ0n) is 11.1. The third-order valence-corrected chi connectivity index (χ3v) is 2.95. The first-order valence-corrected chi connectivity index (χ1v) is 5.97. The topological polar surface area (TPSA) is 47.3 Å². The van der Waals surface area contributed by atoms with Crippen molar-refractivity contribution in [1.29, 1.82) is 0 Å². The molecule has 0 aliphatic carbocycles. The van der Waals surface area contributed by atoms with Gasteiger partial charge in [0.05, 0.1) is 12.8 Å². The van der Waals surface area contributed by atoms with Crippen LogP contribution < -0.4 is 4.74 Å². The monoisotopic (exact) mass is 246 g/mol. The summed E-state index contributed by atoms with van der Waals surface area (Å²) in [6.07, 6.45) is 0. The number of hydrogen-bond acceptors (Lipinski definition) is 3.